The maximum atomic E-state index is 12.0. The molecule has 2 aliphatic heterocycles. The molecule has 8 heteroatoms. The van der Waals surface area contributed by atoms with Gasteiger partial charge < -0.3 is 19.9 Å². The second-order valence-corrected chi connectivity index (χ2v) is 7.60. The number of nitrogens with zero attached hydrogens (tertiary/aromatic N) is 4. The van der Waals surface area contributed by atoms with Crippen LogP contribution in [0.5, 0.6) is 0 Å². The second kappa shape index (κ2) is 12.3. The van der Waals surface area contributed by atoms with Crippen LogP contribution >= 0.6 is 24.0 Å². The van der Waals surface area contributed by atoms with Crippen molar-refractivity contribution in [2.24, 2.45) is 4.99 Å². The van der Waals surface area contributed by atoms with Crippen molar-refractivity contribution in [1.82, 2.24) is 20.0 Å². The molecule has 0 aromatic heterocycles. The number of benzene rings is 1. The zero-order valence-corrected chi connectivity index (χ0v) is 19.9. The number of nitrogens with one attached hydrogen (secondary N) is 1. The number of hydrogen-bond acceptors (Lipinski definition) is 4. The SMILES string of the molecule is CN(C)C(=O)CN=C(NCCCN1CCOCC1)N1CCc2ccccc2C1.I. The molecular formula is C21H34IN5O2. The van der Waals surface area contributed by atoms with Crippen molar-refractivity contribution >= 4 is 35.8 Å². The normalized spacial score (nSPS) is 17.3. The molecule has 2 aliphatic rings. The van der Waals surface area contributed by atoms with E-state index in [0.717, 1.165) is 71.3 Å². The molecule has 7 nitrogen and oxygen atoms in total. The fourth-order valence-corrected chi connectivity index (χ4v) is 3.56. The summed E-state index contributed by atoms with van der Waals surface area (Å²) in [6.07, 6.45) is 2.05. The summed E-state index contributed by atoms with van der Waals surface area (Å²) in [5.41, 5.74) is 2.75. The molecule has 0 unspecified atom stereocenters. The number of guanidine groups is 1. The largest absolute Gasteiger partial charge is 0.379 e. The fraction of sp³-hybridized carbons (Fsp3) is 0.619. The Hall–Kier alpha value is -1.39. The van der Waals surface area contributed by atoms with Gasteiger partial charge in [0.05, 0.1) is 13.2 Å². The number of halogens is 1. The molecule has 0 radical (unpaired) electrons. The fourth-order valence-electron chi connectivity index (χ4n) is 3.56. The summed E-state index contributed by atoms with van der Waals surface area (Å²) in [5.74, 6) is 0.858. The number of ether oxygens (including phenoxy) is 1. The summed E-state index contributed by atoms with van der Waals surface area (Å²) >= 11 is 0. The van der Waals surface area contributed by atoms with Crippen LogP contribution in [0.1, 0.15) is 17.5 Å². The van der Waals surface area contributed by atoms with E-state index in [1.807, 2.05) is 0 Å². The summed E-state index contributed by atoms with van der Waals surface area (Å²) < 4.78 is 5.41. The Bertz CT molecular complexity index is 677. The molecule has 1 aromatic rings. The van der Waals surface area contributed by atoms with Gasteiger partial charge in [-0.25, -0.2) is 4.99 Å². The first-order chi connectivity index (χ1) is 13.6. The molecule has 0 saturated carbocycles. The van der Waals surface area contributed by atoms with Crippen molar-refractivity contribution in [3.8, 4) is 0 Å². The van der Waals surface area contributed by atoms with Gasteiger partial charge in [-0.15, -0.1) is 24.0 Å². The summed E-state index contributed by atoms with van der Waals surface area (Å²) in [4.78, 5) is 22.9. The quantitative estimate of drug-likeness (QED) is 0.269. The van der Waals surface area contributed by atoms with Gasteiger partial charge in [0.1, 0.15) is 6.54 Å². The number of fused-ring (bicyclic) bond motifs is 1. The average Bonchev–Trinajstić information content (AvgIpc) is 2.73. The molecule has 1 N–H and O–H groups in total. The molecule has 1 amide bonds. The number of carbonyl (C=O) groups excluding carboxylic acids is 1. The standard InChI is InChI=1S/C21H33N5O2.HI/c1-24(2)20(27)16-23-21(22-9-5-10-25-12-14-28-15-13-25)26-11-8-18-6-3-4-7-19(18)17-26;/h3-4,6-7H,5,8-17H2,1-2H3,(H,22,23);1H. The molecule has 1 fully saturated rings. The highest BCUT2D eigenvalue weighted by molar-refractivity contribution is 14.0. The zero-order chi connectivity index (χ0) is 19.8. The molecule has 162 valence electrons. The third-order valence-electron chi connectivity index (χ3n) is 5.33. The number of rotatable bonds is 6. The summed E-state index contributed by atoms with van der Waals surface area (Å²) in [5, 5.41) is 3.50. The molecular weight excluding hydrogens is 481 g/mol. The predicted molar refractivity (Wildman–Crippen MR) is 127 cm³/mol. The number of morpholine rings is 1. The second-order valence-electron chi connectivity index (χ2n) is 7.60. The van der Waals surface area contributed by atoms with Gasteiger partial charge in [-0.05, 0) is 30.5 Å². The molecule has 0 atom stereocenters. The van der Waals surface area contributed by atoms with Gasteiger partial charge in [0.15, 0.2) is 5.96 Å². The molecule has 1 aromatic carbocycles. The van der Waals surface area contributed by atoms with Crippen molar-refractivity contribution < 1.29 is 9.53 Å². The minimum atomic E-state index is 0. The highest BCUT2D eigenvalue weighted by Gasteiger charge is 2.19. The van der Waals surface area contributed by atoms with Crippen LogP contribution in [-0.2, 0) is 22.5 Å². The van der Waals surface area contributed by atoms with Crippen molar-refractivity contribution in [3.05, 3.63) is 35.4 Å². The van der Waals surface area contributed by atoms with Gasteiger partial charge in [-0.3, -0.25) is 9.69 Å². The number of likely N-dealkylation sites (N-methyl/N-ethyl adjacent to an activating group) is 1. The van der Waals surface area contributed by atoms with Gasteiger partial charge in [0, 0.05) is 46.8 Å². The summed E-state index contributed by atoms with van der Waals surface area (Å²) in [6.45, 7) is 7.54. The number of hydrogen-bond donors (Lipinski definition) is 1. The first-order valence-corrected chi connectivity index (χ1v) is 10.2. The Morgan fingerprint density at radius 2 is 1.90 bits per heavy atom. The third kappa shape index (κ3) is 7.42. The molecule has 2 heterocycles. The van der Waals surface area contributed by atoms with Crippen LogP contribution < -0.4 is 5.32 Å². The van der Waals surface area contributed by atoms with Gasteiger partial charge in [0.2, 0.25) is 5.91 Å². The van der Waals surface area contributed by atoms with Crippen LogP contribution in [0.3, 0.4) is 0 Å². The van der Waals surface area contributed by atoms with Crippen molar-refractivity contribution in [2.75, 3.05) is 66.6 Å². The van der Waals surface area contributed by atoms with Crippen molar-refractivity contribution in [2.45, 2.75) is 19.4 Å². The topological polar surface area (TPSA) is 60.4 Å². The minimum absolute atomic E-state index is 0. The van der Waals surface area contributed by atoms with Gasteiger partial charge >= 0.3 is 0 Å². The third-order valence-corrected chi connectivity index (χ3v) is 5.33. The smallest absolute Gasteiger partial charge is 0.243 e. The molecule has 1 saturated heterocycles. The summed E-state index contributed by atoms with van der Waals surface area (Å²) in [6, 6.07) is 8.57. The first kappa shape index (κ1) is 23.9. The number of carbonyl (C=O) groups is 1. The Morgan fingerprint density at radius 1 is 1.17 bits per heavy atom. The van der Waals surface area contributed by atoms with Crippen LogP contribution in [-0.4, -0.2) is 93.1 Å². The predicted octanol–water partition coefficient (Wildman–Crippen LogP) is 1.42. The lowest BCUT2D eigenvalue weighted by molar-refractivity contribution is -0.127. The summed E-state index contributed by atoms with van der Waals surface area (Å²) in [7, 11) is 3.54. The van der Waals surface area contributed by atoms with E-state index in [2.05, 4.69) is 44.4 Å². The first-order valence-electron chi connectivity index (χ1n) is 10.2. The van der Waals surface area contributed by atoms with E-state index in [4.69, 9.17) is 4.74 Å². The van der Waals surface area contributed by atoms with Gasteiger partial charge in [-0.1, -0.05) is 24.3 Å². The highest BCUT2D eigenvalue weighted by atomic mass is 127. The van der Waals surface area contributed by atoms with E-state index in [1.54, 1.807) is 19.0 Å². The van der Waals surface area contributed by atoms with E-state index in [0.29, 0.717) is 0 Å². The lowest BCUT2D eigenvalue weighted by Gasteiger charge is -2.32. The highest BCUT2D eigenvalue weighted by Crippen LogP contribution is 2.18. The van der Waals surface area contributed by atoms with Crippen LogP contribution in [0, 0.1) is 0 Å². The number of aliphatic imine (C=N–C) groups is 1. The Balaban J connectivity index is 0.00000300. The Morgan fingerprint density at radius 3 is 2.62 bits per heavy atom. The van der Waals surface area contributed by atoms with E-state index >= 15 is 0 Å². The Kier molecular flexibility index (Phi) is 10.2. The van der Waals surface area contributed by atoms with E-state index < -0.39 is 0 Å². The van der Waals surface area contributed by atoms with Gasteiger partial charge in [-0.2, -0.15) is 0 Å². The monoisotopic (exact) mass is 515 g/mol. The van der Waals surface area contributed by atoms with Crippen molar-refractivity contribution in [1.29, 1.82) is 0 Å². The molecule has 3 rings (SSSR count). The zero-order valence-electron chi connectivity index (χ0n) is 17.6. The van der Waals surface area contributed by atoms with Crippen molar-refractivity contribution in [3.63, 3.8) is 0 Å². The lowest BCUT2D eigenvalue weighted by Crippen LogP contribution is -2.45. The van der Waals surface area contributed by atoms with E-state index in [-0.39, 0.29) is 36.4 Å². The number of amides is 1. The Labute approximate surface area is 191 Å². The van der Waals surface area contributed by atoms with Crippen LogP contribution in [0.2, 0.25) is 0 Å². The average molecular weight is 515 g/mol. The molecule has 29 heavy (non-hydrogen) atoms. The maximum absolute atomic E-state index is 12.0. The van der Waals surface area contributed by atoms with E-state index in [1.165, 1.54) is 11.1 Å². The van der Waals surface area contributed by atoms with Crippen LogP contribution in [0.25, 0.3) is 0 Å². The van der Waals surface area contributed by atoms with E-state index in [9.17, 15) is 4.79 Å². The maximum Gasteiger partial charge on any atom is 0.243 e. The van der Waals surface area contributed by atoms with Crippen LogP contribution in [0.4, 0.5) is 0 Å². The molecule has 0 bridgehead atoms. The minimum Gasteiger partial charge on any atom is -0.379 e. The van der Waals surface area contributed by atoms with Crippen LogP contribution in [0.15, 0.2) is 29.3 Å². The lowest BCUT2D eigenvalue weighted by atomic mass is 10.0. The molecule has 0 aliphatic carbocycles. The molecule has 0 spiro atoms. The van der Waals surface area contributed by atoms with Gasteiger partial charge in [0.25, 0.3) is 0 Å².